The third kappa shape index (κ3) is 4.23. The summed E-state index contributed by atoms with van der Waals surface area (Å²) in [4.78, 5) is 26.4. The van der Waals surface area contributed by atoms with Crippen LogP contribution < -0.4 is 10.1 Å². The van der Waals surface area contributed by atoms with Crippen LogP contribution in [0.25, 0.3) is 22.4 Å². The lowest BCUT2D eigenvalue weighted by molar-refractivity contribution is 0.102. The van der Waals surface area contributed by atoms with Gasteiger partial charge in [-0.25, -0.2) is 4.98 Å². The van der Waals surface area contributed by atoms with Crippen LogP contribution in [-0.4, -0.2) is 25.4 Å². The number of ether oxygens (including phenoxy) is 1. The molecule has 0 aliphatic heterocycles. The highest BCUT2D eigenvalue weighted by Crippen LogP contribution is 2.32. The lowest BCUT2D eigenvalue weighted by Gasteiger charge is -2.13. The molecule has 7 heteroatoms. The van der Waals surface area contributed by atoms with Crippen LogP contribution in [0.3, 0.4) is 0 Å². The summed E-state index contributed by atoms with van der Waals surface area (Å²) >= 11 is 0. The molecule has 34 heavy (non-hydrogen) atoms. The van der Waals surface area contributed by atoms with Gasteiger partial charge < -0.3 is 14.6 Å². The monoisotopic (exact) mass is 449 g/mol. The quantitative estimate of drug-likeness (QED) is 0.373. The first-order valence-electron chi connectivity index (χ1n) is 10.9. The van der Waals surface area contributed by atoms with Gasteiger partial charge in [0.15, 0.2) is 5.82 Å². The standard InChI is InChI=1S/C27H23N5O2/c1-17-6-4-8-21(14-17)29-26(33)19-10-9-18(2)23(15-19)34-27-24-22(11-13-32(24)3)30-25(31-27)20-7-5-12-28-16-20/h4-16H,1-3H3,(H,29,33). The molecule has 5 aromatic rings. The maximum atomic E-state index is 12.9. The SMILES string of the molecule is Cc1cccc(NC(=O)c2ccc(C)c(Oc3nc(-c4cccnc4)nc4ccn(C)c34)c2)c1. The Kier molecular flexibility index (Phi) is 5.51. The molecule has 0 radical (unpaired) electrons. The molecule has 0 unspecified atom stereocenters. The summed E-state index contributed by atoms with van der Waals surface area (Å²) in [5.41, 5.74) is 5.52. The Hall–Kier alpha value is -4.52. The van der Waals surface area contributed by atoms with Gasteiger partial charge in [0.25, 0.3) is 5.91 Å². The topological polar surface area (TPSA) is 81.9 Å². The number of hydrogen-bond acceptors (Lipinski definition) is 5. The number of nitrogens with zero attached hydrogens (tertiary/aromatic N) is 4. The second-order valence-corrected chi connectivity index (χ2v) is 8.16. The van der Waals surface area contributed by atoms with E-state index in [1.165, 1.54) is 0 Å². The van der Waals surface area contributed by atoms with E-state index < -0.39 is 0 Å². The second kappa shape index (κ2) is 8.78. The van der Waals surface area contributed by atoms with Gasteiger partial charge >= 0.3 is 0 Å². The summed E-state index contributed by atoms with van der Waals surface area (Å²) in [7, 11) is 1.92. The van der Waals surface area contributed by atoms with Crippen molar-refractivity contribution in [2.75, 3.05) is 5.32 Å². The van der Waals surface area contributed by atoms with E-state index in [4.69, 9.17) is 9.72 Å². The highest BCUT2D eigenvalue weighted by Gasteiger charge is 2.17. The molecule has 3 heterocycles. The third-order valence-corrected chi connectivity index (χ3v) is 5.54. The zero-order chi connectivity index (χ0) is 23.7. The predicted octanol–water partition coefficient (Wildman–Crippen LogP) is 5.69. The third-order valence-electron chi connectivity index (χ3n) is 5.54. The average molecular weight is 450 g/mol. The van der Waals surface area contributed by atoms with Crippen molar-refractivity contribution in [3.8, 4) is 23.0 Å². The molecule has 168 valence electrons. The molecule has 1 N–H and O–H groups in total. The van der Waals surface area contributed by atoms with Gasteiger partial charge in [0, 0.05) is 42.5 Å². The summed E-state index contributed by atoms with van der Waals surface area (Å²) in [6.07, 6.45) is 5.34. The molecule has 0 bridgehead atoms. The predicted molar refractivity (Wildman–Crippen MR) is 132 cm³/mol. The minimum Gasteiger partial charge on any atom is -0.437 e. The van der Waals surface area contributed by atoms with E-state index in [0.29, 0.717) is 23.0 Å². The Labute approximate surface area is 197 Å². The van der Waals surface area contributed by atoms with Gasteiger partial charge in [0.05, 0.1) is 5.52 Å². The lowest BCUT2D eigenvalue weighted by atomic mass is 10.1. The largest absolute Gasteiger partial charge is 0.437 e. The number of pyridine rings is 1. The number of carbonyl (C=O) groups is 1. The van der Waals surface area contributed by atoms with Gasteiger partial charge in [-0.05, 0) is 67.4 Å². The zero-order valence-corrected chi connectivity index (χ0v) is 19.1. The number of hydrogen-bond donors (Lipinski definition) is 1. The molecule has 0 aliphatic rings. The van der Waals surface area contributed by atoms with Gasteiger partial charge in [-0.3, -0.25) is 9.78 Å². The number of benzene rings is 2. The Morgan fingerprint density at radius 3 is 2.68 bits per heavy atom. The maximum Gasteiger partial charge on any atom is 0.255 e. The van der Waals surface area contributed by atoms with Gasteiger partial charge in [-0.1, -0.05) is 18.2 Å². The van der Waals surface area contributed by atoms with E-state index in [1.807, 2.05) is 80.2 Å². The minimum absolute atomic E-state index is 0.210. The lowest BCUT2D eigenvalue weighted by Crippen LogP contribution is -2.12. The molecule has 0 fully saturated rings. The van der Waals surface area contributed by atoms with E-state index in [9.17, 15) is 4.79 Å². The van der Waals surface area contributed by atoms with Gasteiger partial charge in [0.1, 0.15) is 11.3 Å². The van der Waals surface area contributed by atoms with E-state index in [-0.39, 0.29) is 5.91 Å². The van der Waals surface area contributed by atoms with E-state index in [2.05, 4.69) is 15.3 Å². The molecular weight excluding hydrogens is 426 g/mol. The molecule has 7 nitrogen and oxygen atoms in total. The smallest absolute Gasteiger partial charge is 0.255 e. The normalized spacial score (nSPS) is 10.9. The van der Waals surface area contributed by atoms with Gasteiger partial charge in [0.2, 0.25) is 5.88 Å². The highest BCUT2D eigenvalue weighted by molar-refractivity contribution is 6.04. The van der Waals surface area contributed by atoms with Crippen molar-refractivity contribution < 1.29 is 9.53 Å². The van der Waals surface area contributed by atoms with Crippen molar-refractivity contribution >= 4 is 22.6 Å². The van der Waals surface area contributed by atoms with E-state index in [1.54, 1.807) is 24.5 Å². The molecule has 5 rings (SSSR count). The second-order valence-electron chi connectivity index (χ2n) is 8.16. The van der Waals surface area contributed by atoms with Crippen LogP contribution in [0.2, 0.25) is 0 Å². The molecule has 1 amide bonds. The molecular formula is C27H23N5O2. The van der Waals surface area contributed by atoms with Crippen LogP contribution in [0, 0.1) is 13.8 Å². The number of aromatic nitrogens is 4. The highest BCUT2D eigenvalue weighted by atomic mass is 16.5. The summed E-state index contributed by atoms with van der Waals surface area (Å²) < 4.78 is 8.23. The number of anilines is 1. The van der Waals surface area contributed by atoms with Crippen molar-refractivity contribution in [2.24, 2.45) is 7.05 Å². The Bertz CT molecular complexity index is 1510. The maximum absolute atomic E-state index is 12.9. The Morgan fingerprint density at radius 2 is 1.88 bits per heavy atom. The first kappa shape index (κ1) is 21.3. The van der Waals surface area contributed by atoms with Crippen LogP contribution in [-0.2, 0) is 7.05 Å². The first-order chi connectivity index (χ1) is 16.5. The summed E-state index contributed by atoms with van der Waals surface area (Å²) in [5.74, 6) is 1.27. The fraction of sp³-hybridized carbons (Fsp3) is 0.111. The molecule has 0 atom stereocenters. The van der Waals surface area contributed by atoms with Crippen LogP contribution in [0.15, 0.2) is 79.3 Å². The molecule has 0 saturated heterocycles. The fourth-order valence-electron chi connectivity index (χ4n) is 3.73. The average Bonchev–Trinajstić information content (AvgIpc) is 3.22. The van der Waals surface area contributed by atoms with E-state index in [0.717, 1.165) is 33.4 Å². The number of nitrogens with one attached hydrogen (secondary N) is 1. The summed E-state index contributed by atoms with van der Waals surface area (Å²) in [5, 5.41) is 2.94. The molecule has 0 saturated carbocycles. The molecule has 2 aromatic carbocycles. The molecule has 0 spiro atoms. The van der Waals surface area contributed by atoms with Crippen molar-refractivity contribution in [1.82, 2.24) is 19.5 Å². The molecule has 3 aromatic heterocycles. The fourth-order valence-corrected chi connectivity index (χ4v) is 3.73. The van der Waals surface area contributed by atoms with Crippen molar-refractivity contribution in [2.45, 2.75) is 13.8 Å². The summed E-state index contributed by atoms with van der Waals surface area (Å²) in [6, 6.07) is 18.7. The van der Waals surface area contributed by atoms with Crippen molar-refractivity contribution in [3.63, 3.8) is 0 Å². The van der Waals surface area contributed by atoms with Crippen LogP contribution in [0.4, 0.5) is 5.69 Å². The van der Waals surface area contributed by atoms with Crippen molar-refractivity contribution in [1.29, 1.82) is 0 Å². The van der Waals surface area contributed by atoms with Gasteiger partial charge in [-0.15, -0.1) is 0 Å². The number of carbonyl (C=O) groups excluding carboxylic acids is 1. The zero-order valence-electron chi connectivity index (χ0n) is 19.1. The van der Waals surface area contributed by atoms with E-state index >= 15 is 0 Å². The summed E-state index contributed by atoms with van der Waals surface area (Å²) in [6.45, 7) is 3.92. The number of rotatable bonds is 5. The Balaban J connectivity index is 1.51. The number of amides is 1. The van der Waals surface area contributed by atoms with Crippen LogP contribution in [0.1, 0.15) is 21.5 Å². The first-order valence-corrected chi connectivity index (χ1v) is 10.9. The van der Waals surface area contributed by atoms with Crippen molar-refractivity contribution in [3.05, 3.63) is 95.9 Å². The Morgan fingerprint density at radius 1 is 1.00 bits per heavy atom. The number of aryl methyl sites for hydroxylation is 3. The van der Waals surface area contributed by atoms with Crippen LogP contribution >= 0.6 is 0 Å². The number of fused-ring (bicyclic) bond motifs is 1. The van der Waals surface area contributed by atoms with Crippen LogP contribution in [0.5, 0.6) is 11.6 Å². The van der Waals surface area contributed by atoms with Gasteiger partial charge in [-0.2, -0.15) is 4.98 Å². The minimum atomic E-state index is -0.210. The molecule has 0 aliphatic carbocycles.